The van der Waals surface area contributed by atoms with E-state index >= 15 is 0 Å². The van der Waals surface area contributed by atoms with Crippen LogP contribution in [-0.4, -0.2) is 44.0 Å². The van der Waals surface area contributed by atoms with E-state index in [-0.39, 0.29) is 0 Å². The van der Waals surface area contributed by atoms with E-state index in [1.807, 2.05) is 0 Å². The van der Waals surface area contributed by atoms with Crippen LogP contribution in [0.5, 0.6) is 0 Å². The van der Waals surface area contributed by atoms with Crippen LogP contribution >= 0.6 is 0 Å². The van der Waals surface area contributed by atoms with Crippen LogP contribution in [0.15, 0.2) is 0 Å². The van der Waals surface area contributed by atoms with Gasteiger partial charge in [0.15, 0.2) is 0 Å². The summed E-state index contributed by atoms with van der Waals surface area (Å²) in [4.78, 5) is 0. The van der Waals surface area contributed by atoms with Gasteiger partial charge < -0.3 is 21.8 Å². The molecule has 43 heavy (non-hydrogen) atoms. The zero-order valence-electron chi connectivity index (χ0n) is 30.3. The highest BCUT2D eigenvalue weighted by Crippen LogP contribution is 2.27. The largest absolute Gasteiger partial charge is 0.493 e. The molecular weight excluding hydrogens is 569 g/mol. The average molecular weight is 647 g/mol. The molecule has 0 aromatic rings. The molecule has 0 bridgehead atoms. The maximum atomic E-state index is 7.04. The normalized spacial score (nSPS) is 12.4. The first kappa shape index (κ1) is 43.2. The molecule has 0 aromatic heterocycles. The third kappa shape index (κ3) is 27.1. The van der Waals surface area contributed by atoms with Crippen LogP contribution in [0.2, 0.25) is 12.6 Å². The predicted octanol–water partition coefficient (Wildman–Crippen LogP) is 12.4. The molecule has 5 nitrogen and oxygen atoms in total. The second-order valence-electron chi connectivity index (χ2n) is 12.9. The van der Waals surface area contributed by atoms with Crippen molar-refractivity contribution in [2.75, 3.05) is 26.4 Å². The monoisotopic (exact) mass is 647 g/mol. The lowest BCUT2D eigenvalue weighted by Crippen LogP contribution is -2.57. The Labute approximate surface area is 273 Å². The van der Waals surface area contributed by atoms with E-state index in [2.05, 4.69) is 41.2 Å². The smallest absolute Gasteiger partial charge is 0.374 e. The lowest BCUT2D eigenvalue weighted by molar-refractivity contribution is 0.0415. The molecule has 0 unspecified atom stereocenters. The van der Waals surface area contributed by atoms with Gasteiger partial charge >= 0.3 is 17.6 Å². The number of unbranched alkanes of at least 4 members (excludes halogenated alkanes) is 20. The van der Waals surface area contributed by atoms with Crippen molar-refractivity contribution >= 4 is 17.6 Å². The van der Waals surface area contributed by atoms with Crippen molar-refractivity contribution in [2.45, 2.75) is 208 Å². The van der Waals surface area contributed by atoms with Crippen LogP contribution in [0, 0.1) is 0 Å². The molecule has 0 N–H and O–H groups in total. The lowest BCUT2D eigenvalue weighted by Gasteiger charge is -2.37. The van der Waals surface area contributed by atoms with E-state index in [9.17, 15) is 0 Å². The quantitative estimate of drug-likeness (QED) is 0.0500. The van der Waals surface area contributed by atoms with Crippen LogP contribution < -0.4 is 0 Å². The Hall–Kier alpha value is 0.234. The van der Waals surface area contributed by atoms with Crippen molar-refractivity contribution in [1.82, 2.24) is 0 Å². The topological polar surface area (TPSA) is 46.2 Å². The summed E-state index contributed by atoms with van der Waals surface area (Å²) in [6.07, 6.45) is 31.0. The Bertz CT molecular complexity index is 516. The molecule has 0 saturated carbocycles. The van der Waals surface area contributed by atoms with Gasteiger partial charge in [-0.15, -0.1) is 0 Å². The maximum Gasteiger partial charge on any atom is 0.493 e. The van der Waals surface area contributed by atoms with Crippen molar-refractivity contribution in [3.8, 4) is 0 Å². The van der Waals surface area contributed by atoms with Crippen molar-refractivity contribution in [3.63, 3.8) is 0 Å². The second kappa shape index (κ2) is 32.2. The van der Waals surface area contributed by atoms with Gasteiger partial charge in [0.2, 0.25) is 0 Å². The molecule has 260 valence electrons. The van der Waals surface area contributed by atoms with Crippen LogP contribution in [0.3, 0.4) is 0 Å². The average Bonchev–Trinajstić information content (AvgIpc) is 2.99. The molecule has 0 heterocycles. The van der Waals surface area contributed by atoms with Crippen LogP contribution in [-0.2, 0) is 21.8 Å². The minimum absolute atomic E-state index is 0.705. The first-order chi connectivity index (χ1) is 21.0. The van der Waals surface area contributed by atoms with Gasteiger partial charge in [0, 0.05) is 39.0 Å². The fourth-order valence-corrected chi connectivity index (χ4v) is 12.1. The SMILES string of the molecule is CCCCCCCCO[Si](C)(OCCCCCCCC)O[Si](CCC)(OCCCCCCCC)OCCCCCCCC. The molecular formula is C36H78O5Si2. The zero-order valence-corrected chi connectivity index (χ0v) is 32.3. The Morgan fingerprint density at radius 2 is 0.605 bits per heavy atom. The van der Waals surface area contributed by atoms with Gasteiger partial charge in [0.05, 0.1) is 0 Å². The fourth-order valence-electron chi connectivity index (χ4n) is 5.49. The summed E-state index contributed by atoms with van der Waals surface area (Å²) < 4.78 is 33.7. The standard InChI is InChI=1S/C36H78O5Si2/c1-7-12-16-20-24-28-32-37-42(6,38-33-29-25-21-17-13-8-2)41-43(36-11-5,39-34-30-26-22-18-14-9-3)40-35-31-27-23-19-15-10-4/h7-36H2,1-6H3. The summed E-state index contributed by atoms with van der Waals surface area (Å²) in [5, 5.41) is 0. The molecule has 0 aliphatic carbocycles. The van der Waals surface area contributed by atoms with Gasteiger partial charge in [0.25, 0.3) is 0 Å². The van der Waals surface area contributed by atoms with Crippen LogP contribution in [0.4, 0.5) is 0 Å². The molecule has 0 aliphatic heterocycles. The van der Waals surface area contributed by atoms with Gasteiger partial charge in [-0.05, 0) is 25.7 Å². The molecule has 0 fully saturated rings. The maximum absolute atomic E-state index is 7.04. The highest BCUT2D eigenvalue weighted by Gasteiger charge is 2.50. The van der Waals surface area contributed by atoms with Gasteiger partial charge in [-0.1, -0.05) is 169 Å². The van der Waals surface area contributed by atoms with Gasteiger partial charge in [-0.2, -0.15) is 0 Å². The molecule has 7 heteroatoms. The van der Waals surface area contributed by atoms with Crippen molar-refractivity contribution in [3.05, 3.63) is 0 Å². The molecule has 0 saturated heterocycles. The first-order valence-electron chi connectivity index (χ1n) is 19.3. The lowest BCUT2D eigenvalue weighted by atomic mass is 10.1. The van der Waals surface area contributed by atoms with Crippen molar-refractivity contribution in [2.24, 2.45) is 0 Å². The minimum atomic E-state index is -2.94. The minimum Gasteiger partial charge on any atom is -0.374 e. The highest BCUT2D eigenvalue weighted by molar-refractivity contribution is 6.74. The summed E-state index contributed by atoms with van der Waals surface area (Å²) in [5.41, 5.74) is 0. The first-order valence-corrected chi connectivity index (χ1v) is 23.4. The fraction of sp³-hybridized carbons (Fsp3) is 1.00. The molecule has 0 amide bonds. The van der Waals surface area contributed by atoms with E-state index < -0.39 is 17.6 Å². The van der Waals surface area contributed by atoms with E-state index in [0.29, 0.717) is 26.4 Å². The van der Waals surface area contributed by atoms with E-state index in [0.717, 1.165) is 38.1 Å². The van der Waals surface area contributed by atoms with E-state index in [4.69, 9.17) is 21.8 Å². The molecule has 0 aromatic carbocycles. The molecule has 0 aliphatic rings. The predicted molar refractivity (Wildman–Crippen MR) is 191 cm³/mol. The third-order valence-electron chi connectivity index (χ3n) is 8.26. The molecule has 0 atom stereocenters. The Morgan fingerprint density at radius 3 is 0.907 bits per heavy atom. The van der Waals surface area contributed by atoms with Gasteiger partial charge in [-0.25, -0.2) is 0 Å². The second-order valence-corrected chi connectivity index (χ2v) is 18.4. The van der Waals surface area contributed by atoms with Crippen molar-refractivity contribution < 1.29 is 21.8 Å². The number of rotatable bonds is 36. The Balaban J connectivity index is 5.37. The van der Waals surface area contributed by atoms with Crippen LogP contribution in [0.25, 0.3) is 0 Å². The molecule has 0 radical (unpaired) electrons. The summed E-state index contributed by atoms with van der Waals surface area (Å²) >= 11 is 0. The number of hydrogen-bond acceptors (Lipinski definition) is 5. The third-order valence-corrected chi connectivity index (χ3v) is 14.8. The Morgan fingerprint density at radius 1 is 0.326 bits per heavy atom. The highest BCUT2D eigenvalue weighted by atomic mass is 28.5. The molecule has 0 spiro atoms. The summed E-state index contributed by atoms with van der Waals surface area (Å²) in [5.74, 6) is 0. The summed E-state index contributed by atoms with van der Waals surface area (Å²) in [6, 6.07) is 0.835. The van der Waals surface area contributed by atoms with Gasteiger partial charge in [-0.3, -0.25) is 0 Å². The van der Waals surface area contributed by atoms with E-state index in [1.165, 1.54) is 128 Å². The molecule has 0 rings (SSSR count). The van der Waals surface area contributed by atoms with Gasteiger partial charge in [0.1, 0.15) is 0 Å². The van der Waals surface area contributed by atoms with Crippen LogP contribution in [0.1, 0.15) is 195 Å². The zero-order chi connectivity index (χ0) is 31.7. The van der Waals surface area contributed by atoms with E-state index in [1.54, 1.807) is 0 Å². The summed E-state index contributed by atoms with van der Waals surface area (Å²) in [7, 11) is -5.88. The number of hydrogen-bond donors (Lipinski definition) is 0. The Kier molecular flexibility index (Phi) is 32.4. The summed E-state index contributed by atoms with van der Waals surface area (Å²) in [6.45, 7) is 16.3. The van der Waals surface area contributed by atoms with Crippen molar-refractivity contribution in [1.29, 1.82) is 0 Å².